The average Bonchev–Trinajstić information content (AvgIpc) is 2.73. The van der Waals surface area contributed by atoms with E-state index in [-0.39, 0.29) is 0 Å². The number of benzene rings is 1. The molecule has 1 aliphatic carbocycles. The van der Waals surface area contributed by atoms with E-state index in [0.717, 1.165) is 18.4 Å². The summed E-state index contributed by atoms with van der Waals surface area (Å²) in [6, 6.07) is 7.07. The van der Waals surface area contributed by atoms with Crippen molar-refractivity contribution >= 4 is 26.0 Å². The normalized spacial score (nSPS) is 24.3. The molecule has 0 aliphatic heterocycles. The highest BCUT2D eigenvalue weighted by Gasteiger charge is 2.26. The first kappa shape index (κ1) is 14.0. The van der Waals surface area contributed by atoms with Gasteiger partial charge in [-0.05, 0) is 37.3 Å². The van der Waals surface area contributed by atoms with Gasteiger partial charge in [0.25, 0.3) is 0 Å². The van der Waals surface area contributed by atoms with Crippen molar-refractivity contribution in [3.05, 3.63) is 29.8 Å². The molecule has 3 nitrogen and oxygen atoms in total. The van der Waals surface area contributed by atoms with Gasteiger partial charge in [-0.1, -0.05) is 40.5 Å². The van der Waals surface area contributed by atoms with Gasteiger partial charge < -0.3 is 0 Å². The Labute approximate surface area is 117 Å². The van der Waals surface area contributed by atoms with Crippen molar-refractivity contribution in [2.75, 3.05) is 6.54 Å². The summed E-state index contributed by atoms with van der Waals surface area (Å²) in [5.41, 5.74) is 0.784. The fourth-order valence-corrected chi connectivity index (χ4v) is 4.49. The van der Waals surface area contributed by atoms with E-state index < -0.39 is 10.0 Å². The first-order chi connectivity index (χ1) is 8.50. The topological polar surface area (TPSA) is 46.2 Å². The molecule has 2 rings (SSSR count). The standard InChI is InChI=1S/C13H18BrNO2S/c1-10-5-2-3-8-13(10)18(16,17)15-9-11-6-4-7-12(11)14/h2-3,5,8,11-12,15H,4,6-7,9H2,1H3. The van der Waals surface area contributed by atoms with Crippen LogP contribution in [0.3, 0.4) is 0 Å². The summed E-state index contributed by atoms with van der Waals surface area (Å²) in [6.07, 6.45) is 3.40. The third-order valence-electron chi connectivity index (χ3n) is 3.48. The van der Waals surface area contributed by atoms with Crippen LogP contribution in [0.2, 0.25) is 0 Å². The Kier molecular flexibility index (Phi) is 4.45. The van der Waals surface area contributed by atoms with Crippen LogP contribution >= 0.6 is 15.9 Å². The second-order valence-electron chi connectivity index (χ2n) is 4.82. The predicted molar refractivity (Wildman–Crippen MR) is 76.4 cm³/mol. The molecule has 18 heavy (non-hydrogen) atoms. The van der Waals surface area contributed by atoms with Crippen LogP contribution < -0.4 is 4.72 Å². The highest BCUT2D eigenvalue weighted by Crippen LogP contribution is 2.31. The van der Waals surface area contributed by atoms with Crippen molar-refractivity contribution in [1.29, 1.82) is 0 Å². The molecule has 1 N–H and O–H groups in total. The van der Waals surface area contributed by atoms with Gasteiger partial charge in [-0.15, -0.1) is 0 Å². The van der Waals surface area contributed by atoms with Gasteiger partial charge in [-0.25, -0.2) is 13.1 Å². The SMILES string of the molecule is Cc1ccccc1S(=O)(=O)NCC1CCCC1Br. The molecule has 1 aromatic rings. The number of hydrogen-bond acceptors (Lipinski definition) is 2. The Morgan fingerprint density at radius 2 is 2.06 bits per heavy atom. The summed E-state index contributed by atoms with van der Waals surface area (Å²) in [5, 5.41) is 0. The minimum atomic E-state index is -3.37. The first-order valence-electron chi connectivity index (χ1n) is 6.20. The number of sulfonamides is 1. The summed E-state index contributed by atoms with van der Waals surface area (Å²) in [6.45, 7) is 2.34. The van der Waals surface area contributed by atoms with Gasteiger partial charge in [-0.3, -0.25) is 0 Å². The van der Waals surface area contributed by atoms with Crippen LogP contribution in [-0.2, 0) is 10.0 Å². The van der Waals surface area contributed by atoms with Crippen LogP contribution in [0, 0.1) is 12.8 Å². The summed E-state index contributed by atoms with van der Waals surface area (Å²) in [5.74, 6) is 0.406. The first-order valence-corrected chi connectivity index (χ1v) is 8.60. The number of rotatable bonds is 4. The highest BCUT2D eigenvalue weighted by molar-refractivity contribution is 9.09. The molecule has 1 aromatic carbocycles. The third kappa shape index (κ3) is 3.13. The molecule has 5 heteroatoms. The Morgan fingerprint density at radius 3 is 2.67 bits per heavy atom. The fraction of sp³-hybridized carbons (Fsp3) is 0.538. The zero-order valence-corrected chi connectivity index (χ0v) is 12.8. The quantitative estimate of drug-likeness (QED) is 0.862. The van der Waals surface area contributed by atoms with Crippen molar-refractivity contribution < 1.29 is 8.42 Å². The van der Waals surface area contributed by atoms with E-state index in [2.05, 4.69) is 20.7 Å². The summed E-state index contributed by atoms with van der Waals surface area (Å²) >= 11 is 3.61. The maximum absolute atomic E-state index is 12.2. The zero-order chi connectivity index (χ0) is 13.2. The molecular weight excluding hydrogens is 314 g/mol. The molecule has 100 valence electrons. The molecule has 1 aliphatic rings. The summed E-state index contributed by atoms with van der Waals surface area (Å²) in [4.78, 5) is 0.825. The molecule has 0 amide bonds. The van der Waals surface area contributed by atoms with Crippen LogP contribution in [-0.4, -0.2) is 19.8 Å². The molecule has 0 aromatic heterocycles. The maximum Gasteiger partial charge on any atom is 0.240 e. The van der Waals surface area contributed by atoms with Gasteiger partial charge in [0.15, 0.2) is 0 Å². The van der Waals surface area contributed by atoms with Crippen LogP contribution in [0.1, 0.15) is 24.8 Å². The summed E-state index contributed by atoms with van der Waals surface area (Å²) in [7, 11) is -3.37. The molecule has 1 saturated carbocycles. The van der Waals surface area contributed by atoms with E-state index in [1.165, 1.54) is 6.42 Å². The lowest BCUT2D eigenvalue weighted by Gasteiger charge is -2.15. The van der Waals surface area contributed by atoms with Crippen molar-refractivity contribution in [3.8, 4) is 0 Å². The Bertz CT molecular complexity index is 515. The fourth-order valence-electron chi connectivity index (χ4n) is 2.37. The van der Waals surface area contributed by atoms with Gasteiger partial charge in [-0.2, -0.15) is 0 Å². The molecule has 2 atom stereocenters. The van der Waals surface area contributed by atoms with Crippen LogP contribution in [0.4, 0.5) is 0 Å². The Morgan fingerprint density at radius 1 is 1.33 bits per heavy atom. The largest absolute Gasteiger partial charge is 0.240 e. The molecule has 0 bridgehead atoms. The Balaban J connectivity index is 2.06. The lowest BCUT2D eigenvalue weighted by Crippen LogP contribution is -2.31. The van der Waals surface area contributed by atoms with Gasteiger partial charge >= 0.3 is 0 Å². The van der Waals surface area contributed by atoms with E-state index in [0.29, 0.717) is 22.2 Å². The highest BCUT2D eigenvalue weighted by atomic mass is 79.9. The summed E-state index contributed by atoms with van der Waals surface area (Å²) < 4.78 is 27.1. The van der Waals surface area contributed by atoms with Gasteiger partial charge in [0.1, 0.15) is 0 Å². The number of nitrogens with one attached hydrogen (secondary N) is 1. The Hall–Kier alpha value is -0.390. The van der Waals surface area contributed by atoms with Crippen LogP contribution in [0.15, 0.2) is 29.2 Å². The second-order valence-corrected chi connectivity index (χ2v) is 7.74. The molecule has 1 fully saturated rings. The molecule has 0 radical (unpaired) electrons. The monoisotopic (exact) mass is 331 g/mol. The number of alkyl halides is 1. The maximum atomic E-state index is 12.2. The van der Waals surface area contributed by atoms with Crippen LogP contribution in [0.25, 0.3) is 0 Å². The van der Waals surface area contributed by atoms with Crippen molar-refractivity contribution in [2.24, 2.45) is 5.92 Å². The molecule has 0 spiro atoms. The van der Waals surface area contributed by atoms with E-state index >= 15 is 0 Å². The molecular formula is C13H18BrNO2S. The van der Waals surface area contributed by atoms with E-state index in [9.17, 15) is 8.42 Å². The molecule has 2 unspecified atom stereocenters. The average molecular weight is 332 g/mol. The van der Waals surface area contributed by atoms with Crippen molar-refractivity contribution in [1.82, 2.24) is 4.72 Å². The zero-order valence-electron chi connectivity index (χ0n) is 10.4. The van der Waals surface area contributed by atoms with Gasteiger partial charge in [0, 0.05) is 11.4 Å². The van der Waals surface area contributed by atoms with Gasteiger partial charge in [0.05, 0.1) is 4.90 Å². The van der Waals surface area contributed by atoms with E-state index in [1.54, 1.807) is 12.1 Å². The number of hydrogen-bond donors (Lipinski definition) is 1. The minimum Gasteiger partial charge on any atom is -0.211 e. The van der Waals surface area contributed by atoms with Crippen molar-refractivity contribution in [3.63, 3.8) is 0 Å². The lowest BCUT2D eigenvalue weighted by atomic mass is 10.1. The second kappa shape index (κ2) is 5.72. The molecule has 0 heterocycles. The minimum absolute atomic E-state index is 0.383. The predicted octanol–water partition coefficient (Wildman–Crippen LogP) is 2.84. The van der Waals surface area contributed by atoms with Crippen molar-refractivity contribution in [2.45, 2.75) is 35.9 Å². The van der Waals surface area contributed by atoms with E-state index in [4.69, 9.17) is 0 Å². The number of aryl methyl sites for hydroxylation is 1. The van der Waals surface area contributed by atoms with Crippen LogP contribution in [0.5, 0.6) is 0 Å². The smallest absolute Gasteiger partial charge is 0.211 e. The third-order valence-corrected chi connectivity index (χ3v) is 6.27. The number of halogens is 1. The van der Waals surface area contributed by atoms with Gasteiger partial charge in [0.2, 0.25) is 10.0 Å². The van der Waals surface area contributed by atoms with E-state index in [1.807, 2.05) is 19.1 Å². The molecule has 0 saturated heterocycles. The lowest BCUT2D eigenvalue weighted by molar-refractivity contribution is 0.529.